The lowest BCUT2D eigenvalue weighted by Crippen LogP contribution is -2.39. The van der Waals surface area contributed by atoms with E-state index in [1.54, 1.807) is 0 Å². The van der Waals surface area contributed by atoms with E-state index in [1.807, 2.05) is 0 Å². The molecule has 2 rings (SSSR count). The van der Waals surface area contributed by atoms with E-state index < -0.39 is 9.84 Å². The fourth-order valence-corrected chi connectivity index (χ4v) is 4.68. The predicted molar refractivity (Wildman–Crippen MR) is 74.3 cm³/mol. The molecule has 0 aliphatic heterocycles. The zero-order chi connectivity index (χ0) is 14.1. The Hall–Kier alpha value is -0.620. The second-order valence-corrected chi connectivity index (χ2v) is 8.46. The van der Waals surface area contributed by atoms with Crippen LogP contribution in [0.3, 0.4) is 0 Å². The Morgan fingerprint density at radius 2 is 2.05 bits per heavy atom. The average molecular weight is 288 g/mol. The Morgan fingerprint density at radius 1 is 1.37 bits per heavy atom. The zero-order valence-electron chi connectivity index (χ0n) is 11.5. The minimum absolute atomic E-state index is 0.0269. The summed E-state index contributed by atoms with van der Waals surface area (Å²) in [6.07, 6.45) is 6.05. The standard InChI is InChI=1S/C13H24N2O3S/c1-19(17,18)9-13(5-6-13)8-15-12(16)11-4-2-3-10(11)7-14/h10-11H,2-9,14H2,1H3,(H,15,16)/t10-,11-/m1/s1. The molecule has 5 nitrogen and oxygen atoms in total. The van der Waals surface area contributed by atoms with Crippen LogP contribution in [-0.4, -0.2) is 39.4 Å². The van der Waals surface area contributed by atoms with E-state index in [0.717, 1.165) is 32.1 Å². The number of amides is 1. The van der Waals surface area contributed by atoms with Crippen molar-refractivity contribution in [1.29, 1.82) is 0 Å². The molecule has 110 valence electrons. The molecule has 0 aromatic carbocycles. The maximum Gasteiger partial charge on any atom is 0.223 e. The van der Waals surface area contributed by atoms with Gasteiger partial charge in [-0.15, -0.1) is 0 Å². The van der Waals surface area contributed by atoms with Gasteiger partial charge >= 0.3 is 0 Å². The van der Waals surface area contributed by atoms with Gasteiger partial charge < -0.3 is 11.1 Å². The molecular formula is C13H24N2O3S. The molecule has 2 atom stereocenters. The molecule has 1 amide bonds. The number of hydrogen-bond donors (Lipinski definition) is 2. The van der Waals surface area contributed by atoms with Gasteiger partial charge in [-0.3, -0.25) is 4.79 Å². The number of nitrogens with one attached hydrogen (secondary N) is 1. The minimum atomic E-state index is -2.97. The number of carbonyl (C=O) groups excluding carboxylic acids is 1. The first-order valence-electron chi connectivity index (χ1n) is 7.01. The smallest absolute Gasteiger partial charge is 0.223 e. The monoisotopic (exact) mass is 288 g/mol. The molecule has 0 saturated heterocycles. The fourth-order valence-electron chi connectivity index (χ4n) is 3.17. The van der Waals surface area contributed by atoms with E-state index in [-0.39, 0.29) is 23.0 Å². The van der Waals surface area contributed by atoms with Crippen LogP contribution in [-0.2, 0) is 14.6 Å². The van der Waals surface area contributed by atoms with Crippen LogP contribution in [0.1, 0.15) is 32.1 Å². The molecule has 2 saturated carbocycles. The van der Waals surface area contributed by atoms with E-state index in [0.29, 0.717) is 19.0 Å². The van der Waals surface area contributed by atoms with Crippen LogP contribution in [0, 0.1) is 17.3 Å². The van der Waals surface area contributed by atoms with Gasteiger partial charge in [0.15, 0.2) is 0 Å². The minimum Gasteiger partial charge on any atom is -0.355 e. The summed E-state index contributed by atoms with van der Waals surface area (Å²) in [6, 6.07) is 0. The van der Waals surface area contributed by atoms with Gasteiger partial charge in [-0.05, 0) is 38.1 Å². The molecule has 6 heteroatoms. The third kappa shape index (κ3) is 3.92. The Balaban J connectivity index is 1.84. The second-order valence-electron chi connectivity index (χ2n) is 6.32. The lowest BCUT2D eigenvalue weighted by Gasteiger charge is -2.20. The van der Waals surface area contributed by atoms with Crippen LogP contribution in [0.2, 0.25) is 0 Å². The van der Waals surface area contributed by atoms with Gasteiger partial charge in [0.05, 0.1) is 5.75 Å². The van der Waals surface area contributed by atoms with Crippen LogP contribution in [0.5, 0.6) is 0 Å². The summed E-state index contributed by atoms with van der Waals surface area (Å²) in [7, 11) is -2.97. The van der Waals surface area contributed by atoms with E-state index in [2.05, 4.69) is 5.32 Å². The summed E-state index contributed by atoms with van der Waals surface area (Å²) in [5, 5.41) is 2.96. The molecule has 0 spiro atoms. The van der Waals surface area contributed by atoms with Gasteiger partial charge in [-0.2, -0.15) is 0 Å². The first kappa shape index (κ1) is 14.8. The number of sulfone groups is 1. The molecule has 3 N–H and O–H groups in total. The second kappa shape index (κ2) is 5.40. The van der Waals surface area contributed by atoms with E-state index in [9.17, 15) is 13.2 Å². The van der Waals surface area contributed by atoms with Gasteiger partial charge in [0.2, 0.25) is 5.91 Å². The van der Waals surface area contributed by atoms with Crippen molar-refractivity contribution in [2.24, 2.45) is 23.0 Å². The molecule has 0 heterocycles. The molecular weight excluding hydrogens is 264 g/mol. The highest BCUT2D eigenvalue weighted by atomic mass is 32.2. The molecule has 2 aliphatic carbocycles. The first-order chi connectivity index (χ1) is 8.85. The van der Waals surface area contributed by atoms with Gasteiger partial charge in [0.1, 0.15) is 9.84 Å². The SMILES string of the molecule is CS(=O)(=O)CC1(CNC(=O)[C@@H]2CCC[C@@H]2CN)CC1. The molecule has 0 aromatic rings. The Labute approximate surface area is 115 Å². The van der Waals surface area contributed by atoms with Gasteiger partial charge in [0, 0.05) is 24.1 Å². The maximum absolute atomic E-state index is 12.1. The zero-order valence-corrected chi connectivity index (χ0v) is 12.3. The van der Waals surface area contributed by atoms with Crippen molar-refractivity contribution in [1.82, 2.24) is 5.32 Å². The molecule has 0 radical (unpaired) electrons. The van der Waals surface area contributed by atoms with Crippen molar-refractivity contribution in [3.05, 3.63) is 0 Å². The van der Waals surface area contributed by atoms with E-state index in [4.69, 9.17) is 5.73 Å². The Morgan fingerprint density at radius 3 is 2.58 bits per heavy atom. The summed E-state index contributed by atoms with van der Waals surface area (Å²) in [5.74, 6) is 0.572. The Bertz CT molecular complexity index is 443. The van der Waals surface area contributed by atoms with Crippen LogP contribution in [0.4, 0.5) is 0 Å². The van der Waals surface area contributed by atoms with Crippen molar-refractivity contribution in [2.45, 2.75) is 32.1 Å². The normalized spacial score (nSPS) is 29.2. The summed E-state index contributed by atoms with van der Waals surface area (Å²) in [4.78, 5) is 12.1. The fraction of sp³-hybridized carbons (Fsp3) is 0.923. The topological polar surface area (TPSA) is 89.3 Å². The van der Waals surface area contributed by atoms with E-state index in [1.165, 1.54) is 6.26 Å². The van der Waals surface area contributed by atoms with Crippen molar-refractivity contribution in [3.8, 4) is 0 Å². The van der Waals surface area contributed by atoms with E-state index >= 15 is 0 Å². The Kier molecular flexibility index (Phi) is 4.20. The van der Waals surface area contributed by atoms with Crippen LogP contribution >= 0.6 is 0 Å². The van der Waals surface area contributed by atoms with Crippen LogP contribution in [0.25, 0.3) is 0 Å². The number of hydrogen-bond acceptors (Lipinski definition) is 4. The molecule has 0 unspecified atom stereocenters. The highest BCUT2D eigenvalue weighted by Gasteiger charge is 2.45. The lowest BCUT2D eigenvalue weighted by molar-refractivity contribution is -0.126. The first-order valence-corrected chi connectivity index (χ1v) is 9.07. The van der Waals surface area contributed by atoms with Gasteiger partial charge in [-0.25, -0.2) is 8.42 Å². The quantitative estimate of drug-likeness (QED) is 0.736. The summed E-state index contributed by atoms with van der Waals surface area (Å²) in [5.41, 5.74) is 5.49. The molecule has 0 bridgehead atoms. The predicted octanol–water partition coefficient (Wildman–Crippen LogP) is 0.302. The molecule has 19 heavy (non-hydrogen) atoms. The van der Waals surface area contributed by atoms with Crippen molar-refractivity contribution >= 4 is 15.7 Å². The van der Waals surface area contributed by atoms with Crippen molar-refractivity contribution in [3.63, 3.8) is 0 Å². The molecule has 2 aliphatic rings. The highest BCUT2D eigenvalue weighted by molar-refractivity contribution is 7.90. The van der Waals surface area contributed by atoms with Crippen LogP contribution in [0.15, 0.2) is 0 Å². The third-order valence-electron chi connectivity index (χ3n) is 4.46. The molecule has 2 fully saturated rings. The average Bonchev–Trinajstić information content (AvgIpc) is 2.90. The van der Waals surface area contributed by atoms with Crippen molar-refractivity contribution in [2.75, 3.05) is 25.1 Å². The third-order valence-corrected chi connectivity index (χ3v) is 5.60. The number of nitrogens with two attached hydrogens (primary N) is 1. The lowest BCUT2D eigenvalue weighted by atomic mass is 9.95. The molecule has 0 aromatic heterocycles. The summed E-state index contributed by atoms with van der Waals surface area (Å²) < 4.78 is 22.7. The van der Waals surface area contributed by atoms with Crippen molar-refractivity contribution < 1.29 is 13.2 Å². The van der Waals surface area contributed by atoms with Gasteiger partial charge in [0.25, 0.3) is 0 Å². The highest BCUT2D eigenvalue weighted by Crippen LogP contribution is 2.46. The van der Waals surface area contributed by atoms with Crippen LogP contribution < -0.4 is 11.1 Å². The summed E-state index contributed by atoms with van der Waals surface area (Å²) in [6.45, 7) is 1.05. The number of carbonyl (C=O) groups is 1. The largest absolute Gasteiger partial charge is 0.355 e. The number of rotatable bonds is 6. The summed E-state index contributed by atoms with van der Waals surface area (Å²) >= 11 is 0. The maximum atomic E-state index is 12.1. The van der Waals surface area contributed by atoms with Gasteiger partial charge in [-0.1, -0.05) is 6.42 Å².